The Morgan fingerprint density at radius 3 is 2.86 bits per heavy atom. The average molecular weight is 310 g/mol. The molecule has 1 aromatic heterocycles. The lowest BCUT2D eigenvalue weighted by atomic mass is 10.1. The molecule has 0 aliphatic carbocycles. The van der Waals surface area contributed by atoms with Crippen LogP contribution in [0.15, 0.2) is 30.6 Å². The third-order valence-corrected chi connectivity index (χ3v) is 2.99. The Morgan fingerprint density at radius 2 is 2.23 bits per heavy atom. The highest BCUT2D eigenvalue weighted by Gasteiger charge is 2.14. The van der Waals surface area contributed by atoms with E-state index in [1.807, 2.05) is 6.92 Å². The smallest absolute Gasteiger partial charge is 0.319 e. The van der Waals surface area contributed by atoms with Gasteiger partial charge in [0, 0.05) is 30.9 Å². The molecule has 0 saturated carbocycles. The Labute approximate surface area is 125 Å². The second-order valence-electron chi connectivity index (χ2n) is 4.60. The van der Waals surface area contributed by atoms with Crippen LogP contribution in [0.2, 0.25) is 0 Å². The lowest BCUT2D eigenvalue weighted by Gasteiger charge is -2.13. The molecule has 2 aromatic rings. The number of benzene rings is 1. The Balaban J connectivity index is 1.87. The normalized spacial score (nSPS) is 12.0. The van der Waals surface area contributed by atoms with Crippen molar-refractivity contribution in [1.82, 2.24) is 15.1 Å². The number of aliphatic hydroxyl groups is 1. The number of nitrogens with zero attached hydrogens (tertiary/aromatic N) is 2. The number of nitrogens with one attached hydrogen (secondary N) is 2. The van der Waals surface area contributed by atoms with E-state index in [2.05, 4.69) is 15.7 Å². The zero-order valence-electron chi connectivity index (χ0n) is 11.9. The number of halogens is 2. The fourth-order valence-corrected chi connectivity index (χ4v) is 1.85. The van der Waals surface area contributed by atoms with Crippen molar-refractivity contribution in [1.29, 1.82) is 0 Å². The predicted molar refractivity (Wildman–Crippen MR) is 76.2 cm³/mol. The van der Waals surface area contributed by atoms with Gasteiger partial charge in [0.15, 0.2) is 0 Å². The summed E-state index contributed by atoms with van der Waals surface area (Å²) in [4.78, 5) is 11.7. The van der Waals surface area contributed by atoms with Crippen molar-refractivity contribution in [2.45, 2.75) is 19.6 Å². The quantitative estimate of drug-likeness (QED) is 0.790. The third-order valence-electron chi connectivity index (χ3n) is 2.99. The van der Waals surface area contributed by atoms with Crippen LogP contribution in [0.4, 0.5) is 19.3 Å². The van der Waals surface area contributed by atoms with E-state index in [9.17, 15) is 18.7 Å². The SMILES string of the molecule is CCn1cc(NC(=O)NC[C@@H](O)c2ccc(F)cc2F)cn1. The molecule has 1 aromatic carbocycles. The Morgan fingerprint density at radius 1 is 1.45 bits per heavy atom. The van der Waals surface area contributed by atoms with Crippen LogP contribution in [0.25, 0.3) is 0 Å². The van der Waals surface area contributed by atoms with Crippen LogP contribution in [0, 0.1) is 11.6 Å². The number of aromatic nitrogens is 2. The molecular weight excluding hydrogens is 294 g/mol. The highest BCUT2D eigenvalue weighted by atomic mass is 19.1. The van der Waals surface area contributed by atoms with Gasteiger partial charge in [-0.25, -0.2) is 13.6 Å². The van der Waals surface area contributed by atoms with Crippen molar-refractivity contribution >= 4 is 11.7 Å². The maximum absolute atomic E-state index is 13.5. The number of amides is 2. The van der Waals surface area contributed by atoms with Gasteiger partial charge in [-0.05, 0) is 13.0 Å². The van der Waals surface area contributed by atoms with Gasteiger partial charge in [-0.1, -0.05) is 6.07 Å². The molecule has 3 N–H and O–H groups in total. The summed E-state index contributed by atoms with van der Waals surface area (Å²) in [6.45, 7) is 2.37. The highest BCUT2D eigenvalue weighted by molar-refractivity contribution is 5.88. The number of carbonyl (C=O) groups is 1. The number of aliphatic hydroxyl groups excluding tert-OH is 1. The summed E-state index contributed by atoms with van der Waals surface area (Å²) in [6, 6.07) is 2.30. The van der Waals surface area contributed by atoms with Gasteiger partial charge >= 0.3 is 6.03 Å². The van der Waals surface area contributed by atoms with Crippen LogP contribution >= 0.6 is 0 Å². The maximum Gasteiger partial charge on any atom is 0.319 e. The minimum atomic E-state index is -1.27. The summed E-state index contributed by atoms with van der Waals surface area (Å²) in [5.41, 5.74) is 0.419. The number of hydrogen-bond donors (Lipinski definition) is 3. The molecule has 0 radical (unpaired) electrons. The number of hydrogen-bond acceptors (Lipinski definition) is 3. The summed E-state index contributed by atoms with van der Waals surface area (Å²) in [7, 11) is 0. The van der Waals surface area contributed by atoms with Gasteiger partial charge in [0.25, 0.3) is 0 Å². The fourth-order valence-electron chi connectivity index (χ4n) is 1.85. The summed E-state index contributed by atoms with van der Waals surface area (Å²) < 4.78 is 27.9. The molecule has 1 heterocycles. The molecule has 2 rings (SSSR count). The molecule has 0 fully saturated rings. The number of anilines is 1. The van der Waals surface area contributed by atoms with E-state index in [0.717, 1.165) is 12.1 Å². The van der Waals surface area contributed by atoms with Crippen molar-refractivity contribution in [3.8, 4) is 0 Å². The van der Waals surface area contributed by atoms with E-state index in [0.29, 0.717) is 18.3 Å². The van der Waals surface area contributed by atoms with Crippen LogP contribution in [-0.2, 0) is 6.54 Å². The van der Waals surface area contributed by atoms with Crippen molar-refractivity contribution in [3.05, 3.63) is 47.8 Å². The van der Waals surface area contributed by atoms with Crippen molar-refractivity contribution in [2.24, 2.45) is 0 Å². The minimum Gasteiger partial charge on any atom is -0.386 e. The monoisotopic (exact) mass is 310 g/mol. The molecule has 1 atom stereocenters. The van der Waals surface area contributed by atoms with Crippen LogP contribution < -0.4 is 10.6 Å². The largest absolute Gasteiger partial charge is 0.386 e. The van der Waals surface area contributed by atoms with Gasteiger partial charge in [0.2, 0.25) is 0 Å². The van der Waals surface area contributed by atoms with E-state index in [1.165, 1.54) is 6.20 Å². The minimum absolute atomic E-state index is 0.0829. The number of carbonyl (C=O) groups excluding carboxylic acids is 1. The molecule has 0 spiro atoms. The average Bonchev–Trinajstić information content (AvgIpc) is 2.92. The van der Waals surface area contributed by atoms with Crippen LogP contribution in [0.1, 0.15) is 18.6 Å². The Kier molecular flexibility index (Phi) is 5.05. The molecular formula is C14H16F2N4O2. The van der Waals surface area contributed by atoms with E-state index >= 15 is 0 Å². The van der Waals surface area contributed by atoms with E-state index in [1.54, 1.807) is 10.9 Å². The van der Waals surface area contributed by atoms with Gasteiger partial charge in [0.1, 0.15) is 11.6 Å². The number of rotatable bonds is 5. The highest BCUT2D eigenvalue weighted by Crippen LogP contribution is 2.17. The summed E-state index contributed by atoms with van der Waals surface area (Å²) in [5, 5.41) is 18.7. The lowest BCUT2D eigenvalue weighted by Crippen LogP contribution is -2.32. The zero-order chi connectivity index (χ0) is 16.1. The first-order valence-corrected chi connectivity index (χ1v) is 6.70. The lowest BCUT2D eigenvalue weighted by molar-refractivity contribution is 0.170. The van der Waals surface area contributed by atoms with Gasteiger partial charge in [-0.2, -0.15) is 5.10 Å². The third kappa shape index (κ3) is 4.01. The molecule has 22 heavy (non-hydrogen) atoms. The molecule has 0 aliphatic heterocycles. The van der Waals surface area contributed by atoms with Gasteiger partial charge in [-0.3, -0.25) is 4.68 Å². The second-order valence-corrected chi connectivity index (χ2v) is 4.60. The van der Waals surface area contributed by atoms with Gasteiger partial charge in [-0.15, -0.1) is 0 Å². The molecule has 0 aliphatic rings. The molecule has 0 unspecified atom stereocenters. The number of aryl methyl sites for hydroxylation is 1. The molecule has 8 heteroatoms. The maximum atomic E-state index is 13.5. The molecule has 2 amide bonds. The summed E-state index contributed by atoms with van der Waals surface area (Å²) >= 11 is 0. The Hall–Kier alpha value is -2.48. The molecule has 118 valence electrons. The van der Waals surface area contributed by atoms with Gasteiger partial charge in [0.05, 0.1) is 18.0 Å². The predicted octanol–water partition coefficient (Wildman–Crippen LogP) is 2.04. The fraction of sp³-hybridized carbons (Fsp3) is 0.286. The van der Waals surface area contributed by atoms with Crippen molar-refractivity contribution in [3.63, 3.8) is 0 Å². The first-order chi connectivity index (χ1) is 10.5. The Bertz CT molecular complexity index is 660. The second kappa shape index (κ2) is 6.99. The summed E-state index contributed by atoms with van der Waals surface area (Å²) in [5.74, 6) is -1.59. The van der Waals surface area contributed by atoms with E-state index < -0.39 is 23.8 Å². The molecule has 0 saturated heterocycles. The van der Waals surface area contributed by atoms with Gasteiger partial charge < -0.3 is 15.7 Å². The first kappa shape index (κ1) is 15.9. The van der Waals surface area contributed by atoms with Crippen LogP contribution in [0.3, 0.4) is 0 Å². The van der Waals surface area contributed by atoms with Crippen LogP contribution in [-0.4, -0.2) is 27.5 Å². The standard InChI is InChI=1S/C14H16F2N4O2/c1-2-20-8-10(6-18-20)19-14(22)17-7-13(21)11-4-3-9(15)5-12(11)16/h3-6,8,13,21H,2,7H2,1H3,(H2,17,19,22)/t13-/m1/s1. The first-order valence-electron chi connectivity index (χ1n) is 6.70. The molecule has 6 nitrogen and oxygen atoms in total. The van der Waals surface area contributed by atoms with Crippen molar-refractivity contribution < 1.29 is 18.7 Å². The topological polar surface area (TPSA) is 79.2 Å². The van der Waals surface area contributed by atoms with Crippen LogP contribution in [0.5, 0.6) is 0 Å². The van der Waals surface area contributed by atoms with E-state index in [-0.39, 0.29) is 12.1 Å². The molecule has 0 bridgehead atoms. The zero-order valence-corrected chi connectivity index (χ0v) is 11.9. The number of urea groups is 1. The summed E-state index contributed by atoms with van der Waals surface area (Å²) in [6.07, 6.45) is 1.86. The van der Waals surface area contributed by atoms with Crippen molar-refractivity contribution in [2.75, 3.05) is 11.9 Å². The van der Waals surface area contributed by atoms with E-state index in [4.69, 9.17) is 0 Å².